The number of hydrogen-bond acceptors (Lipinski definition) is 3. The van der Waals surface area contributed by atoms with Crippen LogP contribution in [-0.2, 0) is 9.53 Å². The molecular formula is C13H18O3. The van der Waals surface area contributed by atoms with E-state index in [1.54, 1.807) is 13.8 Å². The minimum absolute atomic E-state index is 0.213. The van der Waals surface area contributed by atoms with E-state index < -0.39 is 0 Å². The Morgan fingerprint density at radius 1 is 1.44 bits per heavy atom. The summed E-state index contributed by atoms with van der Waals surface area (Å²) in [5, 5.41) is 0. The molecule has 1 unspecified atom stereocenters. The van der Waals surface area contributed by atoms with Gasteiger partial charge in [0.15, 0.2) is 0 Å². The summed E-state index contributed by atoms with van der Waals surface area (Å²) in [6.07, 6.45) is 0. The highest BCUT2D eigenvalue weighted by molar-refractivity contribution is 5.72. The van der Waals surface area contributed by atoms with Crippen molar-refractivity contribution in [1.29, 1.82) is 0 Å². The Kier molecular flexibility index (Phi) is 4.83. The van der Waals surface area contributed by atoms with Crippen LogP contribution in [0.15, 0.2) is 24.3 Å². The number of rotatable bonds is 5. The molecule has 1 rings (SSSR count). The van der Waals surface area contributed by atoms with Crippen molar-refractivity contribution in [3.63, 3.8) is 0 Å². The van der Waals surface area contributed by atoms with Crippen molar-refractivity contribution >= 4 is 5.97 Å². The molecule has 3 heteroatoms. The second kappa shape index (κ2) is 6.16. The Labute approximate surface area is 96.4 Å². The van der Waals surface area contributed by atoms with Gasteiger partial charge in [-0.25, -0.2) is 0 Å². The topological polar surface area (TPSA) is 35.5 Å². The molecule has 1 aromatic rings. The smallest absolute Gasteiger partial charge is 0.312 e. The fourth-order valence-electron chi connectivity index (χ4n) is 1.28. The molecule has 0 bridgehead atoms. The molecule has 0 aliphatic rings. The first-order valence-electron chi connectivity index (χ1n) is 5.49. The first-order chi connectivity index (χ1) is 7.63. The predicted molar refractivity (Wildman–Crippen MR) is 62.5 cm³/mol. The highest BCUT2D eigenvalue weighted by Crippen LogP contribution is 2.13. The maximum absolute atomic E-state index is 11.3. The van der Waals surface area contributed by atoms with Crippen LogP contribution in [0.4, 0.5) is 0 Å². The van der Waals surface area contributed by atoms with E-state index in [4.69, 9.17) is 9.47 Å². The van der Waals surface area contributed by atoms with Crippen LogP contribution in [0.25, 0.3) is 0 Å². The van der Waals surface area contributed by atoms with Crippen molar-refractivity contribution in [2.24, 2.45) is 5.92 Å². The lowest BCUT2D eigenvalue weighted by Crippen LogP contribution is -2.21. The van der Waals surface area contributed by atoms with Gasteiger partial charge in [-0.2, -0.15) is 0 Å². The second-order valence-corrected chi connectivity index (χ2v) is 3.78. The Bertz CT molecular complexity index is 347. The van der Waals surface area contributed by atoms with Crippen LogP contribution < -0.4 is 4.74 Å². The van der Waals surface area contributed by atoms with E-state index in [0.29, 0.717) is 13.2 Å². The van der Waals surface area contributed by atoms with Crippen LogP contribution in [-0.4, -0.2) is 19.2 Å². The molecule has 3 nitrogen and oxygen atoms in total. The number of esters is 1. The average Bonchev–Trinajstić information content (AvgIpc) is 2.26. The van der Waals surface area contributed by atoms with Crippen LogP contribution in [0.5, 0.6) is 5.75 Å². The van der Waals surface area contributed by atoms with Crippen molar-refractivity contribution < 1.29 is 14.3 Å². The van der Waals surface area contributed by atoms with Gasteiger partial charge in [0.25, 0.3) is 0 Å². The summed E-state index contributed by atoms with van der Waals surface area (Å²) >= 11 is 0. The summed E-state index contributed by atoms with van der Waals surface area (Å²) in [5.41, 5.74) is 1.14. The maximum atomic E-state index is 11.3. The first-order valence-corrected chi connectivity index (χ1v) is 5.49. The molecule has 0 amide bonds. The number of benzene rings is 1. The van der Waals surface area contributed by atoms with Crippen LogP contribution in [0.2, 0.25) is 0 Å². The monoisotopic (exact) mass is 222 g/mol. The Morgan fingerprint density at radius 2 is 2.19 bits per heavy atom. The van der Waals surface area contributed by atoms with Crippen molar-refractivity contribution in [3.05, 3.63) is 29.8 Å². The van der Waals surface area contributed by atoms with Gasteiger partial charge in [0.1, 0.15) is 12.4 Å². The highest BCUT2D eigenvalue weighted by atomic mass is 16.5. The Balaban J connectivity index is 2.42. The minimum atomic E-state index is -0.236. The summed E-state index contributed by atoms with van der Waals surface area (Å²) in [6, 6.07) is 7.75. The highest BCUT2D eigenvalue weighted by Gasteiger charge is 2.14. The third-order valence-corrected chi connectivity index (χ3v) is 2.18. The van der Waals surface area contributed by atoms with Crippen molar-refractivity contribution in [3.8, 4) is 5.75 Å². The van der Waals surface area contributed by atoms with E-state index in [9.17, 15) is 4.79 Å². The van der Waals surface area contributed by atoms with Gasteiger partial charge in [0.2, 0.25) is 0 Å². The lowest BCUT2D eigenvalue weighted by molar-refractivity contribution is -0.148. The number of carbonyl (C=O) groups is 1. The molecule has 0 radical (unpaired) electrons. The van der Waals surface area contributed by atoms with Crippen LogP contribution in [0.3, 0.4) is 0 Å². The fraction of sp³-hybridized carbons (Fsp3) is 0.462. The zero-order valence-corrected chi connectivity index (χ0v) is 10.0. The van der Waals surface area contributed by atoms with E-state index in [1.807, 2.05) is 31.2 Å². The molecular weight excluding hydrogens is 204 g/mol. The maximum Gasteiger partial charge on any atom is 0.312 e. The molecule has 0 fully saturated rings. The number of hydrogen-bond donors (Lipinski definition) is 0. The van der Waals surface area contributed by atoms with E-state index in [0.717, 1.165) is 11.3 Å². The van der Waals surface area contributed by atoms with Gasteiger partial charge in [0.05, 0.1) is 12.5 Å². The molecule has 0 aromatic heterocycles. The van der Waals surface area contributed by atoms with E-state index in [1.165, 1.54) is 0 Å². The molecule has 1 atom stereocenters. The number of ether oxygens (including phenoxy) is 2. The predicted octanol–water partition coefficient (Wildman–Crippen LogP) is 2.57. The quantitative estimate of drug-likeness (QED) is 0.718. The van der Waals surface area contributed by atoms with Crippen LogP contribution in [0.1, 0.15) is 19.4 Å². The average molecular weight is 222 g/mol. The molecule has 88 valence electrons. The zero-order chi connectivity index (χ0) is 12.0. The molecule has 0 heterocycles. The molecule has 0 spiro atoms. The third-order valence-electron chi connectivity index (χ3n) is 2.18. The summed E-state index contributed by atoms with van der Waals surface area (Å²) in [4.78, 5) is 11.3. The van der Waals surface area contributed by atoms with E-state index in [2.05, 4.69) is 0 Å². The van der Waals surface area contributed by atoms with Crippen molar-refractivity contribution in [1.82, 2.24) is 0 Å². The number of aryl methyl sites for hydroxylation is 1. The molecule has 0 aliphatic carbocycles. The minimum Gasteiger partial charge on any atom is -0.493 e. The molecule has 1 aromatic carbocycles. The van der Waals surface area contributed by atoms with Gasteiger partial charge in [-0.05, 0) is 38.5 Å². The summed E-state index contributed by atoms with van der Waals surface area (Å²) in [7, 11) is 0. The van der Waals surface area contributed by atoms with E-state index >= 15 is 0 Å². The van der Waals surface area contributed by atoms with Gasteiger partial charge in [0, 0.05) is 0 Å². The summed E-state index contributed by atoms with van der Waals surface area (Å²) in [5.74, 6) is 0.340. The van der Waals surface area contributed by atoms with Crippen LogP contribution >= 0.6 is 0 Å². The SMILES string of the molecule is CCOC(=O)C(C)COc1cccc(C)c1. The Hall–Kier alpha value is -1.51. The summed E-state index contributed by atoms with van der Waals surface area (Å²) in [6.45, 7) is 6.36. The fourth-order valence-corrected chi connectivity index (χ4v) is 1.28. The van der Waals surface area contributed by atoms with Crippen LogP contribution in [0, 0.1) is 12.8 Å². The lowest BCUT2D eigenvalue weighted by atomic mass is 10.2. The third kappa shape index (κ3) is 3.93. The Morgan fingerprint density at radius 3 is 2.81 bits per heavy atom. The molecule has 0 aliphatic heterocycles. The largest absolute Gasteiger partial charge is 0.493 e. The van der Waals surface area contributed by atoms with Gasteiger partial charge in [-0.15, -0.1) is 0 Å². The normalized spacial score (nSPS) is 11.9. The molecule has 0 saturated carbocycles. The molecule has 0 saturated heterocycles. The standard InChI is InChI=1S/C13H18O3/c1-4-15-13(14)11(3)9-16-12-7-5-6-10(2)8-12/h5-8,11H,4,9H2,1-3H3. The second-order valence-electron chi connectivity index (χ2n) is 3.78. The lowest BCUT2D eigenvalue weighted by Gasteiger charge is -2.12. The molecule has 16 heavy (non-hydrogen) atoms. The molecule has 0 N–H and O–H groups in total. The van der Waals surface area contributed by atoms with Gasteiger partial charge < -0.3 is 9.47 Å². The van der Waals surface area contributed by atoms with Gasteiger partial charge >= 0.3 is 5.97 Å². The van der Waals surface area contributed by atoms with Crippen molar-refractivity contribution in [2.75, 3.05) is 13.2 Å². The zero-order valence-electron chi connectivity index (χ0n) is 10.0. The number of carbonyl (C=O) groups excluding carboxylic acids is 1. The van der Waals surface area contributed by atoms with Gasteiger partial charge in [-0.3, -0.25) is 4.79 Å². The first kappa shape index (κ1) is 12.6. The van der Waals surface area contributed by atoms with Gasteiger partial charge in [-0.1, -0.05) is 12.1 Å². The van der Waals surface area contributed by atoms with Crippen molar-refractivity contribution in [2.45, 2.75) is 20.8 Å². The summed E-state index contributed by atoms with van der Waals surface area (Å²) < 4.78 is 10.4. The van der Waals surface area contributed by atoms with E-state index in [-0.39, 0.29) is 11.9 Å².